The van der Waals surface area contributed by atoms with Gasteiger partial charge in [-0.3, -0.25) is 9.79 Å². The standard InChI is InChI=1S/C19H22Cl2N4O.HI/c1-13(16-9-8-15(20)10-17(16)21)25-19(22-2)24-12-18(26)23-11-14-6-4-3-5-7-14;/h3-10,13H,11-12H2,1-2H3,(H,23,26)(H2,22,24,25);1H. The lowest BCUT2D eigenvalue weighted by Crippen LogP contribution is -2.43. The van der Waals surface area contributed by atoms with E-state index in [1.165, 1.54) is 0 Å². The van der Waals surface area contributed by atoms with Gasteiger partial charge in [-0.1, -0.05) is 59.6 Å². The van der Waals surface area contributed by atoms with Gasteiger partial charge in [0.25, 0.3) is 0 Å². The molecule has 2 aromatic rings. The lowest BCUT2D eigenvalue weighted by Gasteiger charge is -2.19. The number of carbonyl (C=O) groups excluding carboxylic acids is 1. The largest absolute Gasteiger partial charge is 0.350 e. The number of hydrogen-bond donors (Lipinski definition) is 3. The maximum atomic E-state index is 12.0. The Morgan fingerprint density at radius 1 is 1.11 bits per heavy atom. The molecule has 0 aromatic heterocycles. The van der Waals surface area contributed by atoms with Crippen molar-refractivity contribution in [3.8, 4) is 0 Å². The van der Waals surface area contributed by atoms with E-state index in [1.54, 1.807) is 19.2 Å². The summed E-state index contributed by atoms with van der Waals surface area (Å²) >= 11 is 12.2. The zero-order chi connectivity index (χ0) is 18.9. The molecule has 0 spiro atoms. The molecule has 0 aliphatic carbocycles. The van der Waals surface area contributed by atoms with Crippen LogP contribution in [0, 0.1) is 0 Å². The predicted molar refractivity (Wildman–Crippen MR) is 123 cm³/mol. The van der Waals surface area contributed by atoms with Crippen LogP contribution in [0.4, 0.5) is 0 Å². The van der Waals surface area contributed by atoms with Crippen molar-refractivity contribution in [3.63, 3.8) is 0 Å². The third-order valence-electron chi connectivity index (χ3n) is 3.75. The highest BCUT2D eigenvalue weighted by Crippen LogP contribution is 2.25. The molecule has 0 radical (unpaired) electrons. The minimum absolute atomic E-state index is 0. The monoisotopic (exact) mass is 520 g/mol. The fourth-order valence-corrected chi connectivity index (χ4v) is 2.93. The number of amides is 1. The molecule has 5 nitrogen and oxygen atoms in total. The molecule has 1 amide bonds. The van der Waals surface area contributed by atoms with Gasteiger partial charge in [-0.25, -0.2) is 0 Å². The van der Waals surface area contributed by atoms with E-state index in [4.69, 9.17) is 23.2 Å². The molecule has 27 heavy (non-hydrogen) atoms. The van der Waals surface area contributed by atoms with Gasteiger partial charge in [-0.05, 0) is 30.2 Å². The van der Waals surface area contributed by atoms with Crippen LogP contribution >= 0.6 is 47.2 Å². The van der Waals surface area contributed by atoms with Crippen LogP contribution in [0.3, 0.4) is 0 Å². The Labute approximate surface area is 186 Å². The molecule has 0 bridgehead atoms. The molecule has 0 heterocycles. The highest BCUT2D eigenvalue weighted by Gasteiger charge is 2.12. The molecule has 1 unspecified atom stereocenters. The van der Waals surface area contributed by atoms with E-state index in [1.807, 2.05) is 43.3 Å². The molecule has 0 saturated heterocycles. The number of benzene rings is 2. The fraction of sp³-hybridized carbons (Fsp3) is 0.263. The highest BCUT2D eigenvalue weighted by atomic mass is 127. The lowest BCUT2D eigenvalue weighted by molar-refractivity contribution is -0.120. The first-order valence-electron chi connectivity index (χ1n) is 8.22. The number of nitrogens with one attached hydrogen (secondary N) is 3. The van der Waals surface area contributed by atoms with E-state index in [-0.39, 0.29) is 42.5 Å². The first-order valence-corrected chi connectivity index (χ1v) is 8.98. The Morgan fingerprint density at radius 3 is 2.44 bits per heavy atom. The quantitative estimate of drug-likeness (QED) is 0.304. The van der Waals surface area contributed by atoms with E-state index in [2.05, 4.69) is 20.9 Å². The molecule has 0 aliphatic heterocycles. The molecule has 0 saturated carbocycles. The smallest absolute Gasteiger partial charge is 0.239 e. The number of hydrogen-bond acceptors (Lipinski definition) is 2. The number of guanidine groups is 1. The van der Waals surface area contributed by atoms with Crippen LogP contribution in [0.1, 0.15) is 24.1 Å². The SMILES string of the molecule is CN=C(NCC(=O)NCc1ccccc1)NC(C)c1ccc(Cl)cc1Cl.I. The van der Waals surface area contributed by atoms with Crippen molar-refractivity contribution in [2.75, 3.05) is 13.6 Å². The maximum absolute atomic E-state index is 12.0. The topological polar surface area (TPSA) is 65.5 Å². The van der Waals surface area contributed by atoms with Crippen LogP contribution in [0.25, 0.3) is 0 Å². The van der Waals surface area contributed by atoms with Gasteiger partial charge < -0.3 is 16.0 Å². The van der Waals surface area contributed by atoms with Gasteiger partial charge in [0.2, 0.25) is 5.91 Å². The maximum Gasteiger partial charge on any atom is 0.239 e. The second kappa shape index (κ2) is 12.0. The number of rotatable bonds is 6. The first-order chi connectivity index (χ1) is 12.5. The van der Waals surface area contributed by atoms with Crippen molar-refractivity contribution < 1.29 is 4.79 Å². The molecule has 146 valence electrons. The van der Waals surface area contributed by atoms with Gasteiger partial charge in [0.15, 0.2) is 5.96 Å². The summed E-state index contributed by atoms with van der Waals surface area (Å²) in [6.45, 7) is 2.56. The second-order valence-electron chi connectivity index (χ2n) is 5.72. The summed E-state index contributed by atoms with van der Waals surface area (Å²) in [5, 5.41) is 10.2. The third-order valence-corrected chi connectivity index (χ3v) is 4.32. The van der Waals surface area contributed by atoms with Gasteiger partial charge in [-0.15, -0.1) is 24.0 Å². The van der Waals surface area contributed by atoms with Crippen molar-refractivity contribution in [1.29, 1.82) is 0 Å². The van der Waals surface area contributed by atoms with Crippen molar-refractivity contribution in [2.24, 2.45) is 4.99 Å². The summed E-state index contributed by atoms with van der Waals surface area (Å²) in [6.07, 6.45) is 0. The number of nitrogens with zero attached hydrogens (tertiary/aromatic N) is 1. The number of halogens is 3. The average Bonchev–Trinajstić information content (AvgIpc) is 2.64. The Morgan fingerprint density at radius 2 is 1.81 bits per heavy atom. The Bertz CT molecular complexity index is 772. The predicted octanol–water partition coefficient (Wildman–Crippen LogP) is 4.15. The van der Waals surface area contributed by atoms with Gasteiger partial charge in [0.05, 0.1) is 12.6 Å². The Kier molecular flexibility index (Phi) is 10.5. The Balaban J connectivity index is 0.00000364. The number of aliphatic imine (C=N–C) groups is 1. The summed E-state index contributed by atoms with van der Waals surface area (Å²) in [6, 6.07) is 15.0. The number of carbonyl (C=O) groups is 1. The van der Waals surface area contributed by atoms with Gasteiger partial charge >= 0.3 is 0 Å². The van der Waals surface area contributed by atoms with E-state index < -0.39 is 0 Å². The first kappa shape index (κ1) is 23.5. The molecule has 3 N–H and O–H groups in total. The van der Waals surface area contributed by atoms with E-state index in [0.717, 1.165) is 11.1 Å². The van der Waals surface area contributed by atoms with Crippen LogP contribution in [0.2, 0.25) is 10.0 Å². The van der Waals surface area contributed by atoms with E-state index in [9.17, 15) is 4.79 Å². The van der Waals surface area contributed by atoms with E-state index >= 15 is 0 Å². The van der Waals surface area contributed by atoms with Crippen LogP contribution in [0.5, 0.6) is 0 Å². The molecular formula is C19H23Cl2IN4O. The normalized spacial score (nSPS) is 11.9. The highest BCUT2D eigenvalue weighted by molar-refractivity contribution is 14.0. The fourth-order valence-electron chi connectivity index (χ4n) is 2.35. The summed E-state index contributed by atoms with van der Waals surface area (Å²) < 4.78 is 0. The second-order valence-corrected chi connectivity index (χ2v) is 6.56. The summed E-state index contributed by atoms with van der Waals surface area (Å²) in [4.78, 5) is 16.1. The molecule has 2 aromatic carbocycles. The van der Waals surface area contributed by atoms with Crippen LogP contribution in [-0.4, -0.2) is 25.5 Å². The van der Waals surface area contributed by atoms with Crippen LogP contribution in [-0.2, 0) is 11.3 Å². The summed E-state index contributed by atoms with van der Waals surface area (Å²) in [7, 11) is 1.65. The van der Waals surface area contributed by atoms with Crippen molar-refractivity contribution in [3.05, 3.63) is 69.7 Å². The lowest BCUT2D eigenvalue weighted by atomic mass is 10.1. The van der Waals surface area contributed by atoms with Gasteiger partial charge in [0, 0.05) is 23.6 Å². The molecule has 0 fully saturated rings. The molecule has 0 aliphatic rings. The van der Waals surface area contributed by atoms with Crippen molar-refractivity contribution in [2.45, 2.75) is 19.5 Å². The van der Waals surface area contributed by atoms with E-state index in [0.29, 0.717) is 22.5 Å². The molecular weight excluding hydrogens is 498 g/mol. The minimum atomic E-state index is -0.117. The third kappa shape index (κ3) is 7.94. The van der Waals surface area contributed by atoms with Crippen molar-refractivity contribution in [1.82, 2.24) is 16.0 Å². The molecule has 1 atom stereocenters. The zero-order valence-electron chi connectivity index (χ0n) is 15.1. The zero-order valence-corrected chi connectivity index (χ0v) is 19.0. The Hall–Kier alpha value is -1.51. The minimum Gasteiger partial charge on any atom is -0.350 e. The van der Waals surface area contributed by atoms with Gasteiger partial charge in [0.1, 0.15) is 0 Å². The molecule has 8 heteroatoms. The van der Waals surface area contributed by atoms with Crippen LogP contribution in [0.15, 0.2) is 53.5 Å². The average molecular weight is 521 g/mol. The van der Waals surface area contributed by atoms with Crippen molar-refractivity contribution >= 4 is 59.0 Å². The van der Waals surface area contributed by atoms with Gasteiger partial charge in [-0.2, -0.15) is 0 Å². The molecule has 2 rings (SSSR count). The van der Waals surface area contributed by atoms with Crippen LogP contribution < -0.4 is 16.0 Å². The summed E-state index contributed by atoms with van der Waals surface area (Å²) in [5.41, 5.74) is 1.95. The summed E-state index contributed by atoms with van der Waals surface area (Å²) in [5.74, 6) is 0.396.